The molecular weight excluding hydrogens is 174 g/mol. The van der Waals surface area contributed by atoms with E-state index in [9.17, 15) is 0 Å². The molecule has 0 radical (unpaired) electrons. The molecule has 1 atom stereocenters. The Kier molecular flexibility index (Phi) is 3.55. The minimum absolute atomic E-state index is 0.268. The summed E-state index contributed by atoms with van der Waals surface area (Å²) >= 11 is 0. The topological polar surface area (TPSA) is 21.3 Å². The van der Waals surface area contributed by atoms with Crippen LogP contribution in [0.4, 0.5) is 0 Å². The summed E-state index contributed by atoms with van der Waals surface area (Å²) in [6.45, 7) is 1.82. The summed E-state index contributed by atoms with van der Waals surface area (Å²) in [4.78, 5) is 0. The molecule has 2 heteroatoms. The van der Waals surface area contributed by atoms with Crippen molar-refractivity contribution < 1.29 is 4.74 Å². The molecule has 2 rings (SSSR count). The van der Waals surface area contributed by atoms with Crippen LogP contribution in [0.15, 0.2) is 30.3 Å². The second-order valence-electron chi connectivity index (χ2n) is 3.72. The zero-order valence-electron chi connectivity index (χ0n) is 8.41. The van der Waals surface area contributed by atoms with Crippen LogP contribution in [0.25, 0.3) is 0 Å². The van der Waals surface area contributed by atoms with Crippen molar-refractivity contribution in [1.29, 1.82) is 0 Å². The maximum atomic E-state index is 5.59. The molecule has 0 aromatic heterocycles. The van der Waals surface area contributed by atoms with E-state index >= 15 is 0 Å². The van der Waals surface area contributed by atoms with E-state index in [1.807, 2.05) is 6.07 Å². The smallest absolute Gasteiger partial charge is 0.108 e. The van der Waals surface area contributed by atoms with Crippen LogP contribution in [0.3, 0.4) is 0 Å². The van der Waals surface area contributed by atoms with E-state index < -0.39 is 0 Å². The third-order valence-corrected chi connectivity index (χ3v) is 2.56. The number of hydrogen-bond acceptors (Lipinski definition) is 2. The Balaban J connectivity index is 1.76. The molecule has 1 aromatic rings. The van der Waals surface area contributed by atoms with Crippen molar-refractivity contribution in [3.05, 3.63) is 35.9 Å². The van der Waals surface area contributed by atoms with Crippen LogP contribution in [-0.4, -0.2) is 12.8 Å². The van der Waals surface area contributed by atoms with Gasteiger partial charge >= 0.3 is 0 Å². The predicted molar refractivity (Wildman–Crippen MR) is 56.9 cm³/mol. The van der Waals surface area contributed by atoms with E-state index in [1.54, 1.807) is 0 Å². The monoisotopic (exact) mass is 191 g/mol. The van der Waals surface area contributed by atoms with Crippen LogP contribution < -0.4 is 5.32 Å². The first-order valence-corrected chi connectivity index (χ1v) is 5.34. The maximum absolute atomic E-state index is 5.59. The van der Waals surface area contributed by atoms with Gasteiger partial charge in [-0.1, -0.05) is 30.3 Å². The normalized spacial score (nSPS) is 22.1. The molecular formula is C12H17NO. The Hall–Kier alpha value is -0.860. The molecule has 1 aliphatic heterocycles. The zero-order valence-corrected chi connectivity index (χ0v) is 8.41. The number of nitrogens with one attached hydrogen (secondary N) is 1. The minimum Gasteiger partial charge on any atom is -0.363 e. The molecule has 1 N–H and O–H groups in total. The third kappa shape index (κ3) is 2.82. The van der Waals surface area contributed by atoms with Crippen LogP contribution >= 0.6 is 0 Å². The molecule has 0 amide bonds. The van der Waals surface area contributed by atoms with Gasteiger partial charge in [-0.25, -0.2) is 0 Å². The molecule has 2 nitrogen and oxygen atoms in total. The summed E-state index contributed by atoms with van der Waals surface area (Å²) in [5, 5.41) is 3.42. The second-order valence-corrected chi connectivity index (χ2v) is 3.72. The van der Waals surface area contributed by atoms with Crippen molar-refractivity contribution in [2.24, 2.45) is 0 Å². The first-order chi connectivity index (χ1) is 6.95. The molecule has 1 unspecified atom stereocenters. The van der Waals surface area contributed by atoms with Gasteiger partial charge < -0.3 is 4.74 Å². The van der Waals surface area contributed by atoms with Crippen molar-refractivity contribution in [2.75, 3.05) is 6.61 Å². The van der Waals surface area contributed by atoms with E-state index in [1.165, 1.54) is 18.4 Å². The van der Waals surface area contributed by atoms with Crippen LogP contribution in [0, 0.1) is 0 Å². The summed E-state index contributed by atoms with van der Waals surface area (Å²) in [6, 6.07) is 10.4. The zero-order chi connectivity index (χ0) is 9.64. The van der Waals surface area contributed by atoms with E-state index in [4.69, 9.17) is 4.74 Å². The van der Waals surface area contributed by atoms with Crippen molar-refractivity contribution in [3.63, 3.8) is 0 Å². The summed E-state index contributed by atoms with van der Waals surface area (Å²) in [6.07, 6.45) is 3.91. The highest BCUT2D eigenvalue weighted by molar-refractivity contribution is 5.14. The van der Waals surface area contributed by atoms with Crippen LogP contribution in [0.1, 0.15) is 24.8 Å². The van der Waals surface area contributed by atoms with Crippen LogP contribution in [0.2, 0.25) is 0 Å². The Labute approximate surface area is 85.3 Å². The third-order valence-electron chi connectivity index (χ3n) is 2.56. The standard InChI is InChI=1S/C12H17NO/c1-2-6-11(7-3-1)10-13-12-8-4-5-9-14-12/h1-3,6-7,12-13H,4-5,8-10H2. The van der Waals surface area contributed by atoms with Gasteiger partial charge in [0.2, 0.25) is 0 Å². The van der Waals surface area contributed by atoms with Crippen molar-refractivity contribution in [3.8, 4) is 0 Å². The minimum atomic E-state index is 0.268. The fourth-order valence-corrected chi connectivity index (χ4v) is 1.73. The molecule has 0 spiro atoms. The van der Waals surface area contributed by atoms with Gasteiger partial charge in [0.1, 0.15) is 6.23 Å². The quantitative estimate of drug-likeness (QED) is 0.791. The Bertz CT molecular complexity index is 254. The highest BCUT2D eigenvalue weighted by Crippen LogP contribution is 2.10. The van der Waals surface area contributed by atoms with Gasteiger partial charge in [-0.3, -0.25) is 5.32 Å². The van der Waals surface area contributed by atoms with Gasteiger partial charge in [0.15, 0.2) is 0 Å². The van der Waals surface area contributed by atoms with Gasteiger partial charge in [0, 0.05) is 13.2 Å². The van der Waals surface area contributed by atoms with Crippen molar-refractivity contribution in [2.45, 2.75) is 32.0 Å². The molecule has 76 valence electrons. The molecule has 1 heterocycles. The number of rotatable bonds is 3. The van der Waals surface area contributed by atoms with E-state index in [-0.39, 0.29) is 6.23 Å². The predicted octanol–water partition coefficient (Wildman–Crippen LogP) is 2.30. The van der Waals surface area contributed by atoms with Crippen molar-refractivity contribution >= 4 is 0 Å². The lowest BCUT2D eigenvalue weighted by Gasteiger charge is -2.23. The van der Waals surface area contributed by atoms with Gasteiger partial charge in [-0.15, -0.1) is 0 Å². The van der Waals surface area contributed by atoms with Crippen LogP contribution in [0.5, 0.6) is 0 Å². The highest BCUT2D eigenvalue weighted by Gasteiger charge is 2.12. The van der Waals surface area contributed by atoms with Gasteiger partial charge in [-0.05, 0) is 24.8 Å². The second kappa shape index (κ2) is 5.13. The molecule has 0 bridgehead atoms. The molecule has 1 fully saturated rings. The van der Waals surface area contributed by atoms with E-state index in [0.29, 0.717) is 0 Å². The summed E-state index contributed by atoms with van der Waals surface area (Å²) in [5.74, 6) is 0. The molecule has 0 saturated carbocycles. The first-order valence-electron chi connectivity index (χ1n) is 5.34. The van der Waals surface area contributed by atoms with Crippen LogP contribution in [-0.2, 0) is 11.3 Å². The Morgan fingerprint density at radius 3 is 2.79 bits per heavy atom. The average molecular weight is 191 g/mol. The summed E-state index contributed by atoms with van der Waals surface area (Å²) in [5.41, 5.74) is 1.32. The Morgan fingerprint density at radius 1 is 1.21 bits per heavy atom. The molecule has 1 aromatic carbocycles. The lowest BCUT2D eigenvalue weighted by Crippen LogP contribution is -2.34. The summed E-state index contributed by atoms with van der Waals surface area (Å²) < 4.78 is 5.59. The maximum Gasteiger partial charge on any atom is 0.108 e. The number of benzene rings is 1. The fraction of sp³-hybridized carbons (Fsp3) is 0.500. The largest absolute Gasteiger partial charge is 0.363 e. The SMILES string of the molecule is c1ccc(CNC2CCCCO2)cc1. The highest BCUT2D eigenvalue weighted by atomic mass is 16.5. The van der Waals surface area contributed by atoms with Gasteiger partial charge in [-0.2, -0.15) is 0 Å². The lowest BCUT2D eigenvalue weighted by atomic mass is 10.1. The van der Waals surface area contributed by atoms with Gasteiger partial charge in [0.25, 0.3) is 0 Å². The van der Waals surface area contributed by atoms with E-state index in [2.05, 4.69) is 29.6 Å². The fourth-order valence-electron chi connectivity index (χ4n) is 1.73. The van der Waals surface area contributed by atoms with E-state index in [0.717, 1.165) is 19.6 Å². The molecule has 1 aliphatic rings. The average Bonchev–Trinajstić information content (AvgIpc) is 2.29. The number of hydrogen-bond donors (Lipinski definition) is 1. The molecule has 14 heavy (non-hydrogen) atoms. The Morgan fingerprint density at radius 2 is 2.07 bits per heavy atom. The number of ether oxygens (including phenoxy) is 1. The molecule has 1 saturated heterocycles. The first kappa shape index (κ1) is 9.69. The lowest BCUT2D eigenvalue weighted by molar-refractivity contribution is -0.00636. The summed E-state index contributed by atoms with van der Waals surface area (Å²) in [7, 11) is 0. The van der Waals surface area contributed by atoms with Crippen molar-refractivity contribution in [1.82, 2.24) is 5.32 Å². The van der Waals surface area contributed by atoms with Gasteiger partial charge in [0.05, 0.1) is 0 Å². The molecule has 0 aliphatic carbocycles.